The Morgan fingerprint density at radius 3 is 2.79 bits per heavy atom. The molecule has 0 spiro atoms. The molecular weight excluding hydrogens is 265 g/mol. The first-order valence-electron chi connectivity index (χ1n) is 5.99. The van der Waals surface area contributed by atoms with Crippen LogP contribution in [0.2, 0.25) is 5.02 Å². The fraction of sp³-hybridized carbons (Fsp3) is 0.214. The van der Waals surface area contributed by atoms with Crippen LogP contribution >= 0.6 is 11.6 Å². The first-order chi connectivity index (χ1) is 9.19. The maximum absolute atomic E-state index is 13.7. The molecule has 0 bridgehead atoms. The molecule has 3 N–H and O–H groups in total. The highest BCUT2D eigenvalue weighted by Crippen LogP contribution is 2.17. The smallest absolute Gasteiger partial charge is 0.126 e. The van der Waals surface area contributed by atoms with Gasteiger partial charge in [-0.25, -0.2) is 4.39 Å². The van der Waals surface area contributed by atoms with E-state index in [1.807, 2.05) is 18.2 Å². The van der Waals surface area contributed by atoms with Crippen LogP contribution in [0.25, 0.3) is 0 Å². The SMILES string of the molecule is NNC(Cc1ccccn1)Cc1cc(Cl)ccc1F. The van der Waals surface area contributed by atoms with E-state index in [9.17, 15) is 4.39 Å². The van der Waals surface area contributed by atoms with E-state index in [1.54, 1.807) is 12.3 Å². The second-order valence-corrected chi connectivity index (χ2v) is 4.77. The first-order valence-corrected chi connectivity index (χ1v) is 6.37. The monoisotopic (exact) mass is 279 g/mol. The molecule has 100 valence electrons. The molecule has 0 aliphatic carbocycles. The highest BCUT2D eigenvalue weighted by Gasteiger charge is 2.12. The van der Waals surface area contributed by atoms with Crippen molar-refractivity contribution in [2.45, 2.75) is 18.9 Å². The normalized spacial score (nSPS) is 12.4. The highest BCUT2D eigenvalue weighted by atomic mass is 35.5. The average molecular weight is 280 g/mol. The average Bonchev–Trinajstić information content (AvgIpc) is 2.43. The van der Waals surface area contributed by atoms with E-state index in [0.717, 1.165) is 5.69 Å². The third-order valence-electron chi connectivity index (χ3n) is 2.89. The minimum Gasteiger partial charge on any atom is -0.271 e. The summed E-state index contributed by atoms with van der Waals surface area (Å²) in [6.07, 6.45) is 2.81. The van der Waals surface area contributed by atoms with Gasteiger partial charge < -0.3 is 0 Å². The zero-order chi connectivity index (χ0) is 13.7. The van der Waals surface area contributed by atoms with E-state index in [4.69, 9.17) is 17.4 Å². The maximum Gasteiger partial charge on any atom is 0.126 e. The third kappa shape index (κ3) is 3.99. The van der Waals surface area contributed by atoms with E-state index < -0.39 is 0 Å². The molecule has 0 saturated carbocycles. The highest BCUT2D eigenvalue weighted by molar-refractivity contribution is 6.30. The molecular formula is C14H15ClFN3. The van der Waals surface area contributed by atoms with Gasteiger partial charge in [-0.2, -0.15) is 0 Å². The van der Waals surface area contributed by atoms with E-state index in [0.29, 0.717) is 23.4 Å². The molecule has 5 heteroatoms. The zero-order valence-corrected chi connectivity index (χ0v) is 11.1. The number of nitrogens with two attached hydrogens (primary N) is 1. The number of benzene rings is 1. The summed E-state index contributed by atoms with van der Waals surface area (Å²) in [6, 6.07) is 10.1. The Labute approximate surface area is 116 Å². The molecule has 1 heterocycles. The number of aromatic nitrogens is 1. The van der Waals surface area contributed by atoms with Crippen LogP contribution in [-0.2, 0) is 12.8 Å². The van der Waals surface area contributed by atoms with Gasteiger partial charge in [0.15, 0.2) is 0 Å². The van der Waals surface area contributed by atoms with Crippen molar-refractivity contribution < 1.29 is 4.39 Å². The summed E-state index contributed by atoms with van der Waals surface area (Å²) in [6.45, 7) is 0. The molecule has 1 unspecified atom stereocenters. The van der Waals surface area contributed by atoms with Gasteiger partial charge in [-0.15, -0.1) is 0 Å². The van der Waals surface area contributed by atoms with E-state index in [1.165, 1.54) is 12.1 Å². The number of nitrogens with zero attached hydrogens (tertiary/aromatic N) is 1. The number of halogens is 2. The Kier molecular flexibility index (Phi) is 4.85. The molecule has 0 fully saturated rings. The number of hydrogen-bond donors (Lipinski definition) is 2. The van der Waals surface area contributed by atoms with Crippen LogP contribution < -0.4 is 11.3 Å². The lowest BCUT2D eigenvalue weighted by Crippen LogP contribution is -2.38. The van der Waals surface area contributed by atoms with Crippen molar-refractivity contribution in [2.75, 3.05) is 0 Å². The quantitative estimate of drug-likeness (QED) is 0.653. The molecule has 2 rings (SSSR count). The van der Waals surface area contributed by atoms with Gasteiger partial charge in [0.2, 0.25) is 0 Å². The summed E-state index contributed by atoms with van der Waals surface area (Å²) < 4.78 is 13.7. The van der Waals surface area contributed by atoms with Gasteiger partial charge in [0, 0.05) is 29.4 Å². The molecule has 0 aliphatic rings. The van der Waals surface area contributed by atoms with Gasteiger partial charge in [-0.05, 0) is 42.3 Å². The van der Waals surface area contributed by atoms with Gasteiger partial charge in [-0.1, -0.05) is 17.7 Å². The van der Waals surface area contributed by atoms with E-state index in [2.05, 4.69) is 10.4 Å². The van der Waals surface area contributed by atoms with E-state index >= 15 is 0 Å². The number of nitrogens with one attached hydrogen (secondary N) is 1. The summed E-state index contributed by atoms with van der Waals surface area (Å²) in [4.78, 5) is 4.23. The van der Waals surface area contributed by atoms with Gasteiger partial charge >= 0.3 is 0 Å². The van der Waals surface area contributed by atoms with Crippen LogP contribution in [-0.4, -0.2) is 11.0 Å². The molecule has 0 saturated heterocycles. The first kappa shape index (κ1) is 13.9. The van der Waals surface area contributed by atoms with Crippen molar-refractivity contribution in [3.8, 4) is 0 Å². The third-order valence-corrected chi connectivity index (χ3v) is 3.13. The van der Waals surface area contributed by atoms with Gasteiger partial charge in [0.25, 0.3) is 0 Å². The molecule has 1 atom stereocenters. The van der Waals surface area contributed by atoms with Crippen LogP contribution in [0.3, 0.4) is 0 Å². The van der Waals surface area contributed by atoms with Crippen LogP contribution in [0.15, 0.2) is 42.6 Å². The van der Waals surface area contributed by atoms with Crippen LogP contribution in [0.4, 0.5) is 4.39 Å². The molecule has 2 aromatic rings. The Hall–Kier alpha value is -1.49. The number of pyridine rings is 1. The Bertz CT molecular complexity index is 533. The Balaban J connectivity index is 2.09. The fourth-order valence-electron chi connectivity index (χ4n) is 1.93. The molecule has 3 nitrogen and oxygen atoms in total. The Morgan fingerprint density at radius 2 is 2.11 bits per heavy atom. The number of hydrazine groups is 1. The van der Waals surface area contributed by atoms with Crippen LogP contribution in [0, 0.1) is 5.82 Å². The van der Waals surface area contributed by atoms with Crippen molar-refractivity contribution >= 4 is 11.6 Å². The van der Waals surface area contributed by atoms with Crippen LogP contribution in [0.5, 0.6) is 0 Å². The molecule has 0 amide bonds. The summed E-state index contributed by atoms with van der Waals surface area (Å²) in [5.41, 5.74) is 4.15. The summed E-state index contributed by atoms with van der Waals surface area (Å²) in [5, 5.41) is 0.519. The molecule has 1 aromatic carbocycles. The molecule has 1 aromatic heterocycles. The number of hydrogen-bond acceptors (Lipinski definition) is 3. The summed E-state index contributed by atoms with van der Waals surface area (Å²) >= 11 is 5.87. The van der Waals surface area contributed by atoms with Crippen molar-refractivity contribution in [3.05, 3.63) is 64.7 Å². The molecule has 0 radical (unpaired) electrons. The number of rotatable bonds is 5. The van der Waals surface area contributed by atoms with Gasteiger partial charge in [0.1, 0.15) is 5.82 Å². The lowest BCUT2D eigenvalue weighted by atomic mass is 10.0. The van der Waals surface area contributed by atoms with Crippen LogP contribution in [0.1, 0.15) is 11.3 Å². The summed E-state index contributed by atoms with van der Waals surface area (Å²) in [5.74, 6) is 5.25. The van der Waals surface area contributed by atoms with E-state index in [-0.39, 0.29) is 11.9 Å². The van der Waals surface area contributed by atoms with Crippen molar-refractivity contribution in [1.29, 1.82) is 0 Å². The lowest BCUT2D eigenvalue weighted by molar-refractivity contribution is 0.502. The van der Waals surface area contributed by atoms with Crippen molar-refractivity contribution in [1.82, 2.24) is 10.4 Å². The van der Waals surface area contributed by atoms with Crippen molar-refractivity contribution in [2.24, 2.45) is 5.84 Å². The second kappa shape index (κ2) is 6.61. The topological polar surface area (TPSA) is 50.9 Å². The Morgan fingerprint density at radius 1 is 1.26 bits per heavy atom. The zero-order valence-electron chi connectivity index (χ0n) is 10.3. The minimum absolute atomic E-state index is 0.0946. The second-order valence-electron chi connectivity index (χ2n) is 4.33. The summed E-state index contributed by atoms with van der Waals surface area (Å²) in [7, 11) is 0. The lowest BCUT2D eigenvalue weighted by Gasteiger charge is -2.16. The predicted molar refractivity (Wildman–Crippen MR) is 74.2 cm³/mol. The fourth-order valence-corrected chi connectivity index (χ4v) is 2.12. The largest absolute Gasteiger partial charge is 0.271 e. The van der Waals surface area contributed by atoms with Gasteiger partial charge in [-0.3, -0.25) is 16.3 Å². The molecule has 19 heavy (non-hydrogen) atoms. The predicted octanol–water partition coefficient (Wildman–Crippen LogP) is 2.49. The van der Waals surface area contributed by atoms with Crippen molar-refractivity contribution in [3.63, 3.8) is 0 Å². The minimum atomic E-state index is -0.273. The van der Waals surface area contributed by atoms with Gasteiger partial charge in [0.05, 0.1) is 0 Å². The standard InChI is InChI=1S/C14H15ClFN3/c15-11-4-5-14(16)10(7-11)8-13(19-17)9-12-3-1-2-6-18-12/h1-7,13,19H,8-9,17H2. The maximum atomic E-state index is 13.7. The molecule has 0 aliphatic heterocycles.